The maximum absolute atomic E-state index is 13.2. The van der Waals surface area contributed by atoms with Crippen molar-refractivity contribution < 1.29 is 14.3 Å². The first kappa shape index (κ1) is 12.4. The molecule has 0 saturated carbocycles. The molecule has 0 aromatic heterocycles. The van der Waals surface area contributed by atoms with Crippen LogP contribution in [0.2, 0.25) is 0 Å². The Morgan fingerprint density at radius 3 is 2.30 bits per heavy atom. The molecule has 1 N–H and O–H groups in total. The maximum atomic E-state index is 13.2. The Morgan fingerprint density at radius 1 is 0.850 bits per heavy atom. The van der Waals surface area contributed by atoms with Gasteiger partial charge in [-0.15, -0.1) is 0 Å². The van der Waals surface area contributed by atoms with Crippen molar-refractivity contribution in [1.29, 1.82) is 0 Å². The molecule has 0 heterocycles. The molecule has 0 atom stereocenters. The van der Waals surface area contributed by atoms with Gasteiger partial charge in [-0.2, -0.15) is 0 Å². The zero-order chi connectivity index (χ0) is 14.1. The van der Waals surface area contributed by atoms with Gasteiger partial charge in [0.1, 0.15) is 5.82 Å². The highest BCUT2D eigenvalue weighted by Gasteiger charge is 2.05. The van der Waals surface area contributed by atoms with Crippen LogP contribution in [0.25, 0.3) is 21.9 Å². The van der Waals surface area contributed by atoms with Gasteiger partial charge in [0, 0.05) is 0 Å². The first-order valence-electron chi connectivity index (χ1n) is 6.16. The largest absolute Gasteiger partial charge is 0.478 e. The van der Waals surface area contributed by atoms with Crippen molar-refractivity contribution in [3.8, 4) is 11.1 Å². The molecule has 20 heavy (non-hydrogen) atoms. The Labute approximate surface area is 115 Å². The topological polar surface area (TPSA) is 37.3 Å². The summed E-state index contributed by atoms with van der Waals surface area (Å²) in [6.07, 6.45) is 0. The van der Waals surface area contributed by atoms with Crippen LogP contribution in [0.3, 0.4) is 0 Å². The van der Waals surface area contributed by atoms with Gasteiger partial charge in [0.2, 0.25) is 0 Å². The van der Waals surface area contributed by atoms with Gasteiger partial charge in [0.15, 0.2) is 0 Å². The Hall–Kier alpha value is -2.68. The number of benzene rings is 3. The number of rotatable bonds is 2. The van der Waals surface area contributed by atoms with E-state index in [1.54, 1.807) is 24.3 Å². The van der Waals surface area contributed by atoms with Crippen LogP contribution in [0, 0.1) is 5.82 Å². The average Bonchev–Trinajstić information content (AvgIpc) is 2.46. The van der Waals surface area contributed by atoms with Crippen LogP contribution in [0.5, 0.6) is 0 Å². The summed E-state index contributed by atoms with van der Waals surface area (Å²) in [4.78, 5) is 10.9. The number of aromatic carboxylic acids is 1. The van der Waals surface area contributed by atoms with E-state index in [0.29, 0.717) is 0 Å². The van der Waals surface area contributed by atoms with Crippen LogP contribution in [-0.4, -0.2) is 11.1 Å². The summed E-state index contributed by atoms with van der Waals surface area (Å²) in [5.74, 6) is -1.22. The van der Waals surface area contributed by atoms with Gasteiger partial charge < -0.3 is 5.11 Å². The normalized spacial score (nSPS) is 10.7. The molecule has 3 rings (SSSR count). The van der Waals surface area contributed by atoms with E-state index in [-0.39, 0.29) is 11.4 Å². The minimum absolute atomic E-state index is 0.260. The van der Waals surface area contributed by atoms with Crippen molar-refractivity contribution in [2.45, 2.75) is 0 Å². The molecule has 2 nitrogen and oxygen atoms in total. The maximum Gasteiger partial charge on any atom is 0.335 e. The quantitative estimate of drug-likeness (QED) is 0.749. The van der Waals surface area contributed by atoms with Gasteiger partial charge in [-0.05, 0) is 52.2 Å². The van der Waals surface area contributed by atoms with Crippen molar-refractivity contribution in [2.24, 2.45) is 0 Å². The molecule has 0 spiro atoms. The molecule has 98 valence electrons. The van der Waals surface area contributed by atoms with Gasteiger partial charge in [-0.3, -0.25) is 0 Å². The van der Waals surface area contributed by atoms with E-state index >= 15 is 0 Å². The number of hydrogen-bond acceptors (Lipinski definition) is 1. The summed E-state index contributed by atoms with van der Waals surface area (Å²) >= 11 is 0. The number of hydrogen-bond donors (Lipinski definition) is 1. The second-order valence-corrected chi connectivity index (χ2v) is 4.59. The predicted molar refractivity (Wildman–Crippen MR) is 76.3 cm³/mol. The van der Waals surface area contributed by atoms with Crippen LogP contribution in [-0.2, 0) is 0 Å². The highest BCUT2D eigenvalue weighted by atomic mass is 19.1. The Bertz CT molecular complexity index is 809. The molecule has 0 radical (unpaired) electrons. The Balaban J connectivity index is 2.12. The minimum Gasteiger partial charge on any atom is -0.478 e. The van der Waals surface area contributed by atoms with E-state index in [1.807, 2.05) is 24.3 Å². The van der Waals surface area contributed by atoms with Gasteiger partial charge in [-0.25, -0.2) is 9.18 Å². The van der Waals surface area contributed by atoms with Crippen LogP contribution in [0.4, 0.5) is 4.39 Å². The smallest absolute Gasteiger partial charge is 0.335 e. The molecule has 3 heteroatoms. The summed E-state index contributed by atoms with van der Waals surface area (Å²) in [6.45, 7) is 0. The summed E-state index contributed by atoms with van der Waals surface area (Å²) < 4.78 is 13.2. The molecule has 0 bridgehead atoms. The summed E-state index contributed by atoms with van der Waals surface area (Å²) in [7, 11) is 0. The predicted octanol–water partition coefficient (Wildman–Crippen LogP) is 4.34. The second kappa shape index (κ2) is 4.78. The fraction of sp³-hybridized carbons (Fsp3) is 0. The Morgan fingerprint density at radius 2 is 1.55 bits per heavy atom. The van der Waals surface area contributed by atoms with Crippen LogP contribution >= 0.6 is 0 Å². The van der Waals surface area contributed by atoms with E-state index in [9.17, 15) is 9.18 Å². The van der Waals surface area contributed by atoms with E-state index in [4.69, 9.17) is 5.11 Å². The number of carbonyl (C=O) groups is 1. The number of fused-ring (bicyclic) bond motifs is 1. The molecular formula is C17H11FO2. The standard InChI is InChI=1S/C17H11FO2/c18-16-3-1-2-11(10-16)12-4-5-14-9-15(17(19)20)7-6-13(14)8-12/h1-10H,(H,19,20). The third-order valence-corrected chi connectivity index (χ3v) is 3.25. The number of halogens is 1. The molecule has 0 aliphatic carbocycles. The zero-order valence-corrected chi connectivity index (χ0v) is 10.5. The third kappa shape index (κ3) is 2.26. The minimum atomic E-state index is -0.943. The third-order valence-electron chi connectivity index (χ3n) is 3.25. The zero-order valence-electron chi connectivity index (χ0n) is 10.5. The summed E-state index contributed by atoms with van der Waals surface area (Å²) in [5.41, 5.74) is 1.96. The van der Waals surface area contributed by atoms with Crippen molar-refractivity contribution in [3.63, 3.8) is 0 Å². The van der Waals surface area contributed by atoms with Crippen molar-refractivity contribution in [3.05, 3.63) is 72.0 Å². The lowest BCUT2D eigenvalue weighted by Gasteiger charge is -2.05. The lowest BCUT2D eigenvalue weighted by Crippen LogP contribution is -1.95. The molecule has 0 saturated heterocycles. The van der Waals surface area contributed by atoms with Gasteiger partial charge >= 0.3 is 5.97 Å². The monoisotopic (exact) mass is 266 g/mol. The summed E-state index contributed by atoms with van der Waals surface area (Å²) in [6, 6.07) is 17.0. The molecule has 0 aliphatic rings. The average molecular weight is 266 g/mol. The molecule has 0 fully saturated rings. The van der Waals surface area contributed by atoms with Crippen LogP contribution in [0.1, 0.15) is 10.4 Å². The summed E-state index contributed by atoms with van der Waals surface area (Å²) in [5, 5.41) is 10.7. The van der Waals surface area contributed by atoms with Crippen LogP contribution in [0.15, 0.2) is 60.7 Å². The molecule has 0 amide bonds. The molecule has 3 aromatic carbocycles. The van der Waals surface area contributed by atoms with Gasteiger partial charge in [-0.1, -0.05) is 30.3 Å². The fourth-order valence-electron chi connectivity index (χ4n) is 2.23. The van der Waals surface area contributed by atoms with Gasteiger partial charge in [0.05, 0.1) is 5.56 Å². The van der Waals surface area contributed by atoms with Gasteiger partial charge in [0.25, 0.3) is 0 Å². The van der Waals surface area contributed by atoms with Crippen molar-refractivity contribution >= 4 is 16.7 Å². The first-order valence-corrected chi connectivity index (χ1v) is 6.16. The fourth-order valence-corrected chi connectivity index (χ4v) is 2.23. The highest BCUT2D eigenvalue weighted by Crippen LogP contribution is 2.25. The molecular weight excluding hydrogens is 255 g/mol. The second-order valence-electron chi connectivity index (χ2n) is 4.59. The van der Waals surface area contributed by atoms with Crippen LogP contribution < -0.4 is 0 Å². The molecule has 0 unspecified atom stereocenters. The SMILES string of the molecule is O=C(O)c1ccc2cc(-c3cccc(F)c3)ccc2c1. The van der Waals surface area contributed by atoms with E-state index in [1.165, 1.54) is 12.1 Å². The number of carboxylic acids is 1. The molecule has 3 aromatic rings. The Kier molecular flexibility index (Phi) is 2.95. The van der Waals surface area contributed by atoms with Crippen molar-refractivity contribution in [2.75, 3.05) is 0 Å². The van der Waals surface area contributed by atoms with E-state index in [0.717, 1.165) is 21.9 Å². The number of carboxylic acid groups (broad SMARTS) is 1. The lowest BCUT2D eigenvalue weighted by atomic mass is 10.00. The highest BCUT2D eigenvalue weighted by molar-refractivity contribution is 5.95. The van der Waals surface area contributed by atoms with Crippen molar-refractivity contribution in [1.82, 2.24) is 0 Å². The lowest BCUT2D eigenvalue weighted by molar-refractivity contribution is 0.0697. The van der Waals surface area contributed by atoms with E-state index < -0.39 is 5.97 Å². The van der Waals surface area contributed by atoms with E-state index in [2.05, 4.69) is 0 Å². The molecule has 0 aliphatic heterocycles. The first-order chi connectivity index (χ1) is 9.63.